The summed E-state index contributed by atoms with van der Waals surface area (Å²) < 4.78 is 5.22. The summed E-state index contributed by atoms with van der Waals surface area (Å²) in [6.07, 6.45) is -0.458. The van der Waals surface area contributed by atoms with E-state index in [1.807, 2.05) is 70.2 Å². The normalized spacial score (nSPS) is 11.0. The van der Waals surface area contributed by atoms with Gasteiger partial charge in [0.2, 0.25) is 0 Å². The summed E-state index contributed by atoms with van der Waals surface area (Å²) in [5.74, 6) is 0. The van der Waals surface area contributed by atoms with E-state index >= 15 is 0 Å². The van der Waals surface area contributed by atoms with E-state index in [0.29, 0.717) is 12.2 Å². The number of carbonyl (C=O) groups is 1. The fourth-order valence-electron chi connectivity index (χ4n) is 2.15. The minimum Gasteiger partial charge on any atom is -0.444 e. The molecule has 0 unspecified atom stereocenters. The van der Waals surface area contributed by atoms with Crippen LogP contribution in [0.5, 0.6) is 0 Å². The summed E-state index contributed by atoms with van der Waals surface area (Å²) in [4.78, 5) is 11.7. The first-order valence-corrected chi connectivity index (χ1v) is 8.20. The lowest BCUT2D eigenvalue weighted by molar-refractivity contribution is 0.0636. The van der Waals surface area contributed by atoms with Crippen LogP contribution >= 0.6 is 11.6 Å². The molecule has 0 fully saturated rings. The third-order valence-corrected chi connectivity index (χ3v) is 3.55. The van der Waals surface area contributed by atoms with Crippen molar-refractivity contribution < 1.29 is 9.53 Å². The molecular weight excluding hydrogens is 324 g/mol. The number of benzene rings is 2. The van der Waals surface area contributed by atoms with Crippen LogP contribution in [0.25, 0.3) is 0 Å². The molecule has 0 radical (unpaired) electrons. The fraction of sp³-hybridized carbons (Fsp3) is 0.316. The minimum absolute atomic E-state index is 0.458. The zero-order valence-electron chi connectivity index (χ0n) is 14.4. The van der Waals surface area contributed by atoms with Crippen molar-refractivity contribution in [1.82, 2.24) is 0 Å². The third-order valence-electron chi connectivity index (χ3n) is 3.32. The quantitative estimate of drug-likeness (QED) is 0.756. The van der Waals surface area contributed by atoms with Gasteiger partial charge in [-0.1, -0.05) is 17.7 Å². The van der Waals surface area contributed by atoms with Crippen molar-refractivity contribution >= 4 is 29.1 Å². The number of halogens is 1. The van der Waals surface area contributed by atoms with Gasteiger partial charge in [0, 0.05) is 22.9 Å². The molecule has 0 saturated carbocycles. The predicted molar refractivity (Wildman–Crippen MR) is 99.8 cm³/mol. The van der Waals surface area contributed by atoms with E-state index in [9.17, 15) is 4.79 Å². The molecule has 0 aliphatic heterocycles. The molecule has 0 heterocycles. The van der Waals surface area contributed by atoms with Gasteiger partial charge in [-0.25, -0.2) is 4.79 Å². The highest BCUT2D eigenvalue weighted by Gasteiger charge is 2.16. The van der Waals surface area contributed by atoms with Gasteiger partial charge in [-0.05, 0) is 75.2 Å². The van der Waals surface area contributed by atoms with E-state index in [1.54, 1.807) is 0 Å². The molecule has 0 aliphatic rings. The number of hydrogen-bond acceptors (Lipinski definition) is 3. The van der Waals surface area contributed by atoms with E-state index < -0.39 is 11.7 Å². The second kappa shape index (κ2) is 7.58. The van der Waals surface area contributed by atoms with E-state index in [4.69, 9.17) is 16.3 Å². The van der Waals surface area contributed by atoms with Crippen LogP contribution in [0.1, 0.15) is 31.9 Å². The van der Waals surface area contributed by atoms with Gasteiger partial charge in [0.15, 0.2) is 0 Å². The molecule has 128 valence electrons. The molecule has 0 atom stereocenters. The van der Waals surface area contributed by atoms with E-state index in [1.165, 1.54) is 5.56 Å². The van der Waals surface area contributed by atoms with Gasteiger partial charge in [0.05, 0.1) is 0 Å². The number of ether oxygens (including phenoxy) is 1. The minimum atomic E-state index is -0.512. The number of nitrogens with one attached hydrogen (secondary N) is 2. The lowest BCUT2D eigenvalue weighted by Crippen LogP contribution is -2.27. The van der Waals surface area contributed by atoms with Gasteiger partial charge in [-0.3, -0.25) is 5.32 Å². The molecule has 2 N–H and O–H groups in total. The zero-order valence-corrected chi connectivity index (χ0v) is 15.2. The fourth-order valence-corrected chi connectivity index (χ4v) is 2.37. The second-order valence-electron chi connectivity index (χ2n) is 6.63. The molecule has 0 saturated heterocycles. The van der Waals surface area contributed by atoms with E-state index in [-0.39, 0.29) is 0 Å². The van der Waals surface area contributed by atoms with Crippen molar-refractivity contribution in [3.05, 3.63) is 58.6 Å². The Labute approximate surface area is 148 Å². The van der Waals surface area contributed by atoms with Crippen LogP contribution in [0, 0.1) is 6.92 Å². The van der Waals surface area contributed by atoms with Gasteiger partial charge >= 0.3 is 6.09 Å². The van der Waals surface area contributed by atoms with Crippen LogP contribution < -0.4 is 10.6 Å². The van der Waals surface area contributed by atoms with Crippen LogP contribution in [0.4, 0.5) is 16.2 Å². The van der Waals surface area contributed by atoms with Crippen molar-refractivity contribution in [2.24, 2.45) is 0 Å². The van der Waals surface area contributed by atoms with Gasteiger partial charge in [0.1, 0.15) is 5.60 Å². The average Bonchev–Trinajstić information content (AvgIpc) is 2.46. The van der Waals surface area contributed by atoms with Crippen LogP contribution in [0.15, 0.2) is 42.5 Å². The van der Waals surface area contributed by atoms with Crippen molar-refractivity contribution in [2.75, 3.05) is 10.6 Å². The maximum Gasteiger partial charge on any atom is 0.412 e. The van der Waals surface area contributed by atoms with E-state index in [0.717, 1.165) is 16.3 Å². The summed E-state index contributed by atoms with van der Waals surface area (Å²) >= 11 is 5.97. The van der Waals surface area contributed by atoms with Gasteiger partial charge in [-0.2, -0.15) is 0 Å². The highest BCUT2D eigenvalue weighted by Crippen LogP contribution is 2.19. The number of aryl methyl sites for hydroxylation is 1. The molecule has 2 aromatic carbocycles. The Morgan fingerprint density at radius 3 is 2.29 bits per heavy atom. The Bertz CT molecular complexity index is 706. The van der Waals surface area contributed by atoms with Crippen LogP contribution in [-0.4, -0.2) is 11.7 Å². The Hall–Kier alpha value is -2.20. The average molecular weight is 347 g/mol. The first kappa shape index (κ1) is 18.1. The van der Waals surface area contributed by atoms with Crippen molar-refractivity contribution in [1.29, 1.82) is 0 Å². The molecule has 2 aromatic rings. The molecule has 2 rings (SSSR count). The van der Waals surface area contributed by atoms with Gasteiger partial charge < -0.3 is 10.1 Å². The van der Waals surface area contributed by atoms with E-state index in [2.05, 4.69) is 10.6 Å². The topological polar surface area (TPSA) is 50.4 Å². The zero-order chi connectivity index (χ0) is 17.7. The standard InChI is InChI=1S/C19H23ClN2O2/c1-13-11-15(20)6-5-14(13)12-21-16-7-9-17(10-8-16)22-18(23)24-19(2,3)4/h5-11,21H,12H2,1-4H3,(H,22,23). The number of rotatable bonds is 4. The summed E-state index contributed by atoms with van der Waals surface area (Å²) in [6.45, 7) is 8.24. The highest BCUT2D eigenvalue weighted by atomic mass is 35.5. The lowest BCUT2D eigenvalue weighted by atomic mass is 10.1. The van der Waals surface area contributed by atoms with Gasteiger partial charge in [0.25, 0.3) is 0 Å². The number of amides is 1. The number of hydrogen-bond donors (Lipinski definition) is 2. The van der Waals surface area contributed by atoms with Crippen molar-refractivity contribution in [2.45, 2.75) is 39.8 Å². The predicted octanol–water partition coefficient (Wildman–Crippen LogP) is 5.61. The van der Waals surface area contributed by atoms with Crippen LogP contribution in [0.2, 0.25) is 5.02 Å². The molecule has 1 amide bonds. The Balaban J connectivity index is 1.91. The molecule has 5 heteroatoms. The summed E-state index contributed by atoms with van der Waals surface area (Å²) in [5.41, 5.74) is 3.49. The first-order valence-electron chi connectivity index (χ1n) is 7.82. The van der Waals surface area contributed by atoms with Crippen molar-refractivity contribution in [3.63, 3.8) is 0 Å². The Morgan fingerprint density at radius 1 is 1.08 bits per heavy atom. The third kappa shape index (κ3) is 5.78. The lowest BCUT2D eigenvalue weighted by Gasteiger charge is -2.19. The number of anilines is 2. The monoisotopic (exact) mass is 346 g/mol. The molecule has 0 aromatic heterocycles. The maximum absolute atomic E-state index is 11.7. The molecule has 0 aliphatic carbocycles. The number of carbonyl (C=O) groups excluding carboxylic acids is 1. The van der Waals surface area contributed by atoms with Crippen LogP contribution in [0.3, 0.4) is 0 Å². The van der Waals surface area contributed by atoms with Gasteiger partial charge in [-0.15, -0.1) is 0 Å². The maximum atomic E-state index is 11.7. The molecule has 0 bridgehead atoms. The van der Waals surface area contributed by atoms with Crippen LogP contribution in [-0.2, 0) is 11.3 Å². The molecule has 24 heavy (non-hydrogen) atoms. The van der Waals surface area contributed by atoms with Crippen molar-refractivity contribution in [3.8, 4) is 0 Å². The Kier molecular flexibility index (Phi) is 5.73. The SMILES string of the molecule is Cc1cc(Cl)ccc1CNc1ccc(NC(=O)OC(C)(C)C)cc1. The first-order chi connectivity index (χ1) is 11.2. The highest BCUT2D eigenvalue weighted by molar-refractivity contribution is 6.30. The summed E-state index contributed by atoms with van der Waals surface area (Å²) in [7, 11) is 0. The largest absolute Gasteiger partial charge is 0.444 e. The molecule has 4 nitrogen and oxygen atoms in total. The molecular formula is C19H23ClN2O2. The molecule has 0 spiro atoms. The second-order valence-corrected chi connectivity index (χ2v) is 7.07. The smallest absolute Gasteiger partial charge is 0.412 e. The summed E-state index contributed by atoms with van der Waals surface area (Å²) in [6, 6.07) is 13.4. The Morgan fingerprint density at radius 2 is 1.71 bits per heavy atom. The summed E-state index contributed by atoms with van der Waals surface area (Å²) in [5, 5.41) is 6.81.